The van der Waals surface area contributed by atoms with Crippen molar-refractivity contribution in [2.24, 2.45) is 0 Å². The third-order valence-electron chi connectivity index (χ3n) is 12.5. The van der Waals surface area contributed by atoms with E-state index in [2.05, 4.69) is 195 Å². The maximum absolute atomic E-state index is 6.97. The molecule has 260 valence electrons. The Kier molecular flexibility index (Phi) is 6.05. The minimum atomic E-state index is -0.457. The van der Waals surface area contributed by atoms with Crippen LogP contribution in [-0.2, 0) is 10.8 Å². The highest BCUT2D eigenvalue weighted by atomic mass is 16.6. The summed E-state index contributed by atoms with van der Waals surface area (Å²) in [5.41, 5.74) is 18.0. The molecule has 4 aliphatic rings. The van der Waals surface area contributed by atoms with Crippen LogP contribution in [0.2, 0.25) is 0 Å². The highest BCUT2D eigenvalue weighted by Gasteiger charge is 2.52. The van der Waals surface area contributed by atoms with E-state index in [9.17, 15) is 0 Å². The molecule has 0 amide bonds. The Morgan fingerprint density at radius 3 is 1.58 bits per heavy atom. The fourth-order valence-electron chi connectivity index (χ4n) is 10.2. The summed E-state index contributed by atoms with van der Waals surface area (Å²) in [6.07, 6.45) is 0. The van der Waals surface area contributed by atoms with Crippen molar-refractivity contribution in [3.05, 3.63) is 209 Å². The van der Waals surface area contributed by atoms with Crippen molar-refractivity contribution >= 4 is 17.1 Å². The van der Waals surface area contributed by atoms with E-state index in [0.29, 0.717) is 11.5 Å². The summed E-state index contributed by atoms with van der Waals surface area (Å²) in [6.45, 7) is 4.66. The fraction of sp³-hybridized carbons (Fsp3) is 0.0769. The van der Waals surface area contributed by atoms with Gasteiger partial charge in [0, 0.05) is 22.7 Å². The second kappa shape index (κ2) is 10.9. The Morgan fingerprint density at radius 2 is 0.891 bits per heavy atom. The number of hydrogen-bond acceptors (Lipinski definition) is 3. The van der Waals surface area contributed by atoms with Crippen LogP contribution in [0.3, 0.4) is 0 Å². The lowest BCUT2D eigenvalue weighted by molar-refractivity contribution is 0.359. The Bertz CT molecular complexity index is 2880. The van der Waals surface area contributed by atoms with Gasteiger partial charge in [-0.2, -0.15) is 0 Å². The van der Waals surface area contributed by atoms with Crippen LogP contribution in [0.1, 0.15) is 47.2 Å². The summed E-state index contributed by atoms with van der Waals surface area (Å²) in [5, 5.41) is 0. The van der Waals surface area contributed by atoms with E-state index >= 15 is 0 Å². The molecule has 0 atom stereocenters. The van der Waals surface area contributed by atoms with E-state index in [1.807, 2.05) is 0 Å². The summed E-state index contributed by atoms with van der Waals surface area (Å²) < 4.78 is 13.7. The standard InChI is InChI=1S/C52H35NO2/c1-51(2)39-21-10-9-20-37(39)50-43(51)25-14-26-45(50)53(32-15-4-3-5-16-32)33-27-28-46-47(29-33)55-49-31-44-38(30-48(49)54-46)36-19-8-13-24-42(36)52(44)40-22-11-6-17-34(40)35-18-7-12-23-41(35)52/h3-31H,1-2H3. The highest BCUT2D eigenvalue weighted by molar-refractivity contribution is 5.97. The van der Waals surface area contributed by atoms with Crippen LogP contribution in [0, 0.1) is 0 Å². The molecule has 3 aliphatic carbocycles. The van der Waals surface area contributed by atoms with Crippen molar-refractivity contribution in [1.29, 1.82) is 0 Å². The van der Waals surface area contributed by atoms with E-state index < -0.39 is 5.41 Å². The van der Waals surface area contributed by atoms with Crippen LogP contribution in [-0.4, -0.2) is 0 Å². The smallest absolute Gasteiger partial charge is 0.172 e. The zero-order valence-electron chi connectivity index (χ0n) is 30.5. The molecule has 1 heterocycles. The maximum Gasteiger partial charge on any atom is 0.172 e. The van der Waals surface area contributed by atoms with Crippen molar-refractivity contribution in [2.75, 3.05) is 4.90 Å². The van der Waals surface area contributed by atoms with Gasteiger partial charge in [-0.1, -0.05) is 141 Å². The van der Waals surface area contributed by atoms with Crippen molar-refractivity contribution in [3.63, 3.8) is 0 Å². The van der Waals surface area contributed by atoms with Crippen LogP contribution >= 0.6 is 0 Å². The average Bonchev–Trinajstić information content (AvgIpc) is 3.78. The van der Waals surface area contributed by atoms with Crippen molar-refractivity contribution in [3.8, 4) is 56.4 Å². The minimum absolute atomic E-state index is 0.113. The molecule has 0 N–H and O–H groups in total. The van der Waals surface area contributed by atoms with Crippen LogP contribution < -0.4 is 14.4 Å². The largest absolute Gasteiger partial charge is 0.449 e. The molecule has 12 rings (SSSR count). The molecule has 8 aromatic rings. The van der Waals surface area contributed by atoms with E-state index in [1.54, 1.807) is 0 Å². The molecular weight excluding hydrogens is 671 g/mol. The van der Waals surface area contributed by atoms with E-state index in [-0.39, 0.29) is 5.41 Å². The van der Waals surface area contributed by atoms with Gasteiger partial charge in [-0.25, -0.2) is 0 Å². The molecular formula is C52H35NO2. The molecule has 0 saturated carbocycles. The second-order valence-electron chi connectivity index (χ2n) is 15.6. The maximum atomic E-state index is 6.97. The topological polar surface area (TPSA) is 21.7 Å². The minimum Gasteiger partial charge on any atom is -0.449 e. The zero-order valence-corrected chi connectivity index (χ0v) is 30.5. The molecule has 3 heteroatoms. The second-order valence-corrected chi connectivity index (χ2v) is 15.6. The van der Waals surface area contributed by atoms with E-state index in [1.165, 1.54) is 66.8 Å². The zero-order chi connectivity index (χ0) is 36.5. The van der Waals surface area contributed by atoms with Crippen LogP contribution in [0.4, 0.5) is 17.1 Å². The van der Waals surface area contributed by atoms with Crippen LogP contribution in [0.25, 0.3) is 33.4 Å². The highest BCUT2D eigenvalue weighted by Crippen LogP contribution is 2.65. The van der Waals surface area contributed by atoms with Gasteiger partial charge in [0.2, 0.25) is 0 Å². The Balaban J connectivity index is 1.02. The number of anilines is 3. The predicted molar refractivity (Wildman–Crippen MR) is 222 cm³/mol. The molecule has 0 fully saturated rings. The van der Waals surface area contributed by atoms with Gasteiger partial charge in [-0.05, 0) is 104 Å². The molecule has 0 saturated heterocycles. The lowest BCUT2D eigenvalue weighted by Crippen LogP contribution is -2.25. The number of hydrogen-bond donors (Lipinski definition) is 0. The molecule has 1 spiro atoms. The first-order chi connectivity index (χ1) is 27.0. The van der Waals surface area contributed by atoms with Gasteiger partial charge in [-0.3, -0.25) is 0 Å². The fourth-order valence-corrected chi connectivity index (χ4v) is 10.2. The molecule has 0 unspecified atom stereocenters. The third kappa shape index (κ3) is 3.94. The lowest BCUT2D eigenvalue weighted by atomic mass is 9.70. The Labute approximate surface area is 320 Å². The molecule has 0 radical (unpaired) electrons. The van der Waals surface area contributed by atoms with Gasteiger partial charge in [0.25, 0.3) is 0 Å². The van der Waals surface area contributed by atoms with Crippen molar-refractivity contribution < 1.29 is 9.47 Å². The first-order valence-electron chi connectivity index (χ1n) is 19.1. The number of fused-ring (bicyclic) bond motifs is 15. The molecule has 0 bridgehead atoms. The number of ether oxygens (including phenoxy) is 2. The molecule has 55 heavy (non-hydrogen) atoms. The SMILES string of the molecule is CC1(C)c2ccccc2-c2c(N(c3ccccc3)c3ccc4c(c3)Oc3cc5c(cc3O4)-c3ccccc3C53c4ccccc4-c4ccccc43)cccc21. The average molecular weight is 706 g/mol. The first kappa shape index (κ1) is 30.6. The van der Waals surface area contributed by atoms with Crippen LogP contribution in [0.5, 0.6) is 23.0 Å². The summed E-state index contributed by atoms with van der Waals surface area (Å²) in [6, 6.07) is 63.6. The van der Waals surface area contributed by atoms with E-state index in [4.69, 9.17) is 9.47 Å². The van der Waals surface area contributed by atoms with Gasteiger partial charge < -0.3 is 14.4 Å². The predicted octanol–water partition coefficient (Wildman–Crippen LogP) is 13.7. The Morgan fingerprint density at radius 1 is 0.364 bits per heavy atom. The van der Waals surface area contributed by atoms with Gasteiger partial charge in [0.1, 0.15) is 0 Å². The summed E-state index contributed by atoms with van der Waals surface area (Å²) in [7, 11) is 0. The molecule has 0 aromatic heterocycles. The number of rotatable bonds is 3. The quantitative estimate of drug-likeness (QED) is 0.183. The van der Waals surface area contributed by atoms with Gasteiger partial charge in [0.05, 0.1) is 16.8 Å². The number of para-hydroxylation sites is 1. The van der Waals surface area contributed by atoms with Crippen molar-refractivity contribution in [1.82, 2.24) is 0 Å². The summed E-state index contributed by atoms with van der Waals surface area (Å²) in [4.78, 5) is 2.36. The monoisotopic (exact) mass is 705 g/mol. The first-order valence-corrected chi connectivity index (χ1v) is 19.1. The summed E-state index contributed by atoms with van der Waals surface area (Å²) >= 11 is 0. The van der Waals surface area contributed by atoms with E-state index in [0.717, 1.165) is 28.6 Å². The number of nitrogens with zero attached hydrogens (tertiary/aromatic N) is 1. The summed E-state index contributed by atoms with van der Waals surface area (Å²) in [5.74, 6) is 2.84. The van der Waals surface area contributed by atoms with Gasteiger partial charge >= 0.3 is 0 Å². The van der Waals surface area contributed by atoms with Crippen LogP contribution in [0.15, 0.2) is 176 Å². The molecule has 8 aromatic carbocycles. The molecule has 3 nitrogen and oxygen atoms in total. The lowest BCUT2D eigenvalue weighted by Gasteiger charge is -2.32. The molecule has 1 aliphatic heterocycles. The van der Waals surface area contributed by atoms with Gasteiger partial charge in [0.15, 0.2) is 23.0 Å². The van der Waals surface area contributed by atoms with Crippen molar-refractivity contribution in [2.45, 2.75) is 24.7 Å². The number of benzene rings is 8. The van der Waals surface area contributed by atoms with Gasteiger partial charge in [-0.15, -0.1) is 0 Å². The third-order valence-corrected chi connectivity index (χ3v) is 12.5. The normalized spacial score (nSPS) is 14.9. The Hall–Kier alpha value is -6.84.